The van der Waals surface area contributed by atoms with Gasteiger partial charge in [-0.15, -0.1) is 11.3 Å². The van der Waals surface area contributed by atoms with Crippen LogP contribution in [0.1, 0.15) is 33.0 Å². The molecule has 1 fully saturated rings. The topological polar surface area (TPSA) is 57.6 Å². The van der Waals surface area contributed by atoms with Gasteiger partial charge in [0, 0.05) is 61.1 Å². The summed E-state index contributed by atoms with van der Waals surface area (Å²) in [5.41, 5.74) is 3.90. The van der Waals surface area contributed by atoms with Crippen LogP contribution in [0.3, 0.4) is 0 Å². The Morgan fingerprint density at radius 3 is 2.44 bits per heavy atom. The number of benzene rings is 1. The summed E-state index contributed by atoms with van der Waals surface area (Å²) in [6.45, 7) is 8.22. The molecular formula is C25H30N4O2S. The molecule has 0 spiro atoms. The molecule has 3 aromatic rings. The molecule has 1 aliphatic heterocycles. The molecular weight excluding hydrogens is 420 g/mol. The minimum Gasteiger partial charge on any atom is -0.368 e. The predicted molar refractivity (Wildman–Crippen MR) is 130 cm³/mol. The fraction of sp³-hybridized carbons (Fsp3) is 0.360. The maximum atomic E-state index is 12.7. The van der Waals surface area contributed by atoms with Crippen LogP contribution < -0.4 is 10.2 Å². The first-order chi connectivity index (χ1) is 15.5. The SMILES string of the molecule is Cc1cc(C(=O)NCCC(=O)N2CCN(c3ccccc3)CC2)c(C)n1Cc1cccs1. The lowest BCUT2D eigenvalue weighted by molar-refractivity contribution is -0.131. The summed E-state index contributed by atoms with van der Waals surface area (Å²) in [5.74, 6) is -0.0154. The summed E-state index contributed by atoms with van der Waals surface area (Å²) in [5, 5.41) is 5.00. The molecule has 0 unspecified atom stereocenters. The third-order valence-electron chi connectivity index (χ3n) is 6.09. The van der Waals surface area contributed by atoms with Crippen LogP contribution in [-0.2, 0) is 11.3 Å². The molecule has 0 radical (unpaired) electrons. The minimum absolute atomic E-state index is 0.0983. The molecule has 1 saturated heterocycles. The summed E-state index contributed by atoms with van der Waals surface area (Å²) in [6.07, 6.45) is 0.324. The van der Waals surface area contributed by atoms with Crippen molar-refractivity contribution >= 4 is 28.8 Å². The quantitative estimate of drug-likeness (QED) is 0.597. The molecule has 0 saturated carbocycles. The zero-order valence-corrected chi connectivity index (χ0v) is 19.5. The van der Waals surface area contributed by atoms with E-state index in [1.54, 1.807) is 11.3 Å². The number of carbonyl (C=O) groups excluding carboxylic acids is 2. The normalized spacial score (nSPS) is 13.9. The van der Waals surface area contributed by atoms with Gasteiger partial charge in [-0.1, -0.05) is 24.3 Å². The van der Waals surface area contributed by atoms with Gasteiger partial charge >= 0.3 is 0 Å². The molecule has 3 heterocycles. The van der Waals surface area contributed by atoms with E-state index in [1.807, 2.05) is 49.1 Å². The average molecular weight is 451 g/mol. The van der Waals surface area contributed by atoms with Crippen molar-refractivity contribution in [2.75, 3.05) is 37.6 Å². The van der Waals surface area contributed by atoms with Crippen molar-refractivity contribution < 1.29 is 9.59 Å². The van der Waals surface area contributed by atoms with E-state index in [-0.39, 0.29) is 11.8 Å². The highest BCUT2D eigenvalue weighted by Gasteiger charge is 2.21. The van der Waals surface area contributed by atoms with Crippen molar-refractivity contribution in [2.45, 2.75) is 26.8 Å². The van der Waals surface area contributed by atoms with E-state index in [0.29, 0.717) is 31.6 Å². The van der Waals surface area contributed by atoms with Crippen LogP contribution in [0, 0.1) is 13.8 Å². The van der Waals surface area contributed by atoms with Gasteiger partial charge in [0.2, 0.25) is 5.91 Å². The van der Waals surface area contributed by atoms with E-state index in [0.717, 1.165) is 31.0 Å². The molecule has 6 nitrogen and oxygen atoms in total. The Kier molecular flexibility index (Phi) is 6.95. The van der Waals surface area contributed by atoms with Gasteiger partial charge in [0.15, 0.2) is 0 Å². The Balaban J connectivity index is 1.25. The standard InChI is InChI=1S/C25H30N4O2S/c1-19-17-23(20(2)29(19)18-22-9-6-16-32-22)25(31)26-11-10-24(30)28-14-12-27(13-15-28)21-7-4-3-5-8-21/h3-9,16-17H,10-15,18H2,1-2H3,(H,26,31). The van der Waals surface area contributed by atoms with Crippen molar-refractivity contribution in [2.24, 2.45) is 0 Å². The van der Waals surface area contributed by atoms with Gasteiger partial charge < -0.3 is 19.7 Å². The Bertz CT molecular complexity index is 1050. The first-order valence-corrected chi connectivity index (χ1v) is 12.0. The van der Waals surface area contributed by atoms with Crippen LogP contribution >= 0.6 is 11.3 Å². The monoisotopic (exact) mass is 450 g/mol. The molecule has 1 N–H and O–H groups in total. The van der Waals surface area contributed by atoms with Crippen LogP contribution in [0.4, 0.5) is 5.69 Å². The second-order valence-corrected chi connectivity index (χ2v) is 9.19. The molecule has 7 heteroatoms. The zero-order valence-electron chi connectivity index (χ0n) is 18.7. The summed E-state index contributed by atoms with van der Waals surface area (Å²) >= 11 is 1.72. The number of piperazine rings is 1. The Morgan fingerprint density at radius 2 is 1.75 bits per heavy atom. The number of rotatable bonds is 7. The number of anilines is 1. The van der Waals surface area contributed by atoms with Gasteiger partial charge in [0.1, 0.15) is 0 Å². The summed E-state index contributed by atoms with van der Waals surface area (Å²) in [4.78, 5) is 30.8. The van der Waals surface area contributed by atoms with Gasteiger partial charge in [-0.25, -0.2) is 0 Å². The highest BCUT2D eigenvalue weighted by Crippen LogP contribution is 2.19. The first kappa shape index (κ1) is 22.1. The smallest absolute Gasteiger partial charge is 0.253 e. The highest BCUT2D eigenvalue weighted by molar-refractivity contribution is 7.09. The van der Waals surface area contributed by atoms with Crippen LogP contribution in [0.15, 0.2) is 53.9 Å². The number of hydrogen-bond donors (Lipinski definition) is 1. The lowest BCUT2D eigenvalue weighted by atomic mass is 10.2. The first-order valence-electron chi connectivity index (χ1n) is 11.1. The molecule has 2 aromatic heterocycles. The van der Waals surface area contributed by atoms with E-state index < -0.39 is 0 Å². The highest BCUT2D eigenvalue weighted by atomic mass is 32.1. The van der Waals surface area contributed by atoms with Gasteiger partial charge in [0.25, 0.3) is 5.91 Å². The van der Waals surface area contributed by atoms with E-state index in [2.05, 4.69) is 38.4 Å². The Labute approximate surface area is 193 Å². The average Bonchev–Trinajstić information content (AvgIpc) is 3.43. The van der Waals surface area contributed by atoms with E-state index in [4.69, 9.17) is 0 Å². The molecule has 0 bridgehead atoms. The van der Waals surface area contributed by atoms with E-state index in [9.17, 15) is 9.59 Å². The van der Waals surface area contributed by atoms with Gasteiger partial charge in [-0.05, 0) is 43.5 Å². The number of aromatic nitrogens is 1. The summed E-state index contributed by atoms with van der Waals surface area (Å²) < 4.78 is 2.16. The second kappa shape index (κ2) is 10.0. The van der Waals surface area contributed by atoms with Crippen molar-refractivity contribution in [1.82, 2.24) is 14.8 Å². The Hall–Kier alpha value is -3.06. The number of nitrogens with zero attached hydrogens (tertiary/aromatic N) is 3. The molecule has 1 aliphatic rings. The van der Waals surface area contributed by atoms with Crippen LogP contribution in [0.25, 0.3) is 0 Å². The molecule has 168 valence electrons. The molecule has 1 aromatic carbocycles. The number of thiophene rings is 1. The molecule has 4 rings (SSSR count). The molecule has 0 atom stereocenters. The van der Waals surface area contributed by atoms with Crippen LogP contribution in [0.2, 0.25) is 0 Å². The maximum absolute atomic E-state index is 12.7. The van der Waals surface area contributed by atoms with Crippen molar-refractivity contribution in [3.05, 3.63) is 75.7 Å². The van der Waals surface area contributed by atoms with Crippen molar-refractivity contribution in [3.63, 3.8) is 0 Å². The van der Waals surface area contributed by atoms with Gasteiger partial charge in [-0.3, -0.25) is 9.59 Å². The van der Waals surface area contributed by atoms with Crippen LogP contribution in [0.5, 0.6) is 0 Å². The number of para-hydroxylation sites is 1. The molecule has 2 amide bonds. The fourth-order valence-corrected chi connectivity index (χ4v) is 4.91. The summed E-state index contributed by atoms with van der Waals surface area (Å²) in [6, 6.07) is 16.4. The molecule has 0 aliphatic carbocycles. The maximum Gasteiger partial charge on any atom is 0.253 e. The lowest BCUT2D eigenvalue weighted by Gasteiger charge is -2.36. The van der Waals surface area contributed by atoms with Gasteiger partial charge in [-0.2, -0.15) is 0 Å². The van der Waals surface area contributed by atoms with E-state index >= 15 is 0 Å². The largest absolute Gasteiger partial charge is 0.368 e. The number of amides is 2. The van der Waals surface area contributed by atoms with Crippen molar-refractivity contribution in [3.8, 4) is 0 Å². The third-order valence-corrected chi connectivity index (χ3v) is 6.95. The molecule has 32 heavy (non-hydrogen) atoms. The summed E-state index contributed by atoms with van der Waals surface area (Å²) in [7, 11) is 0. The van der Waals surface area contributed by atoms with E-state index in [1.165, 1.54) is 10.6 Å². The third kappa shape index (κ3) is 5.05. The number of aryl methyl sites for hydroxylation is 1. The lowest BCUT2D eigenvalue weighted by Crippen LogP contribution is -2.49. The fourth-order valence-electron chi connectivity index (χ4n) is 4.22. The predicted octanol–water partition coefficient (Wildman–Crippen LogP) is 3.68. The number of nitrogens with one attached hydrogen (secondary N) is 1. The minimum atomic E-state index is -0.114. The van der Waals surface area contributed by atoms with Crippen LogP contribution in [-0.4, -0.2) is 54.0 Å². The number of carbonyl (C=O) groups is 2. The van der Waals surface area contributed by atoms with Gasteiger partial charge in [0.05, 0.1) is 12.1 Å². The second-order valence-electron chi connectivity index (χ2n) is 8.16. The number of hydrogen-bond acceptors (Lipinski definition) is 4. The zero-order chi connectivity index (χ0) is 22.5. The van der Waals surface area contributed by atoms with Crippen molar-refractivity contribution in [1.29, 1.82) is 0 Å². The Morgan fingerprint density at radius 1 is 1.00 bits per heavy atom.